The lowest BCUT2D eigenvalue weighted by Gasteiger charge is -2.05. The molecular formula is C9H7BrINO. The fraction of sp³-hybridized carbons (Fsp3) is 0. The van der Waals surface area contributed by atoms with Crippen molar-refractivity contribution in [2.75, 3.05) is 5.32 Å². The van der Waals surface area contributed by atoms with Crippen LogP contribution >= 0.6 is 38.5 Å². The zero-order valence-electron chi connectivity index (χ0n) is 6.68. The predicted molar refractivity (Wildman–Crippen MR) is 65.9 cm³/mol. The van der Waals surface area contributed by atoms with Gasteiger partial charge in [-0.05, 0) is 50.7 Å². The highest BCUT2D eigenvalue weighted by atomic mass is 127. The molecule has 2 nitrogen and oxygen atoms in total. The number of para-hydroxylation sites is 1. The molecule has 0 saturated heterocycles. The number of carbonyl (C=O) groups is 1. The number of amides is 1. The van der Waals surface area contributed by atoms with Crippen LogP contribution in [0.1, 0.15) is 0 Å². The number of anilines is 1. The topological polar surface area (TPSA) is 29.1 Å². The first kappa shape index (κ1) is 10.7. The van der Waals surface area contributed by atoms with Crippen LogP contribution in [-0.2, 0) is 4.79 Å². The minimum absolute atomic E-state index is 0.218. The van der Waals surface area contributed by atoms with Crippen molar-refractivity contribution in [2.45, 2.75) is 0 Å². The van der Waals surface area contributed by atoms with Crippen molar-refractivity contribution in [3.63, 3.8) is 0 Å². The minimum atomic E-state index is -0.218. The molecule has 0 aromatic heterocycles. The summed E-state index contributed by atoms with van der Waals surface area (Å²) in [5.41, 5.74) is 0.800. The molecule has 0 aliphatic heterocycles. The SMILES string of the molecule is C=C(Br)C(=O)Nc1ccccc1I. The Morgan fingerprint density at radius 1 is 1.46 bits per heavy atom. The van der Waals surface area contributed by atoms with Gasteiger partial charge in [0.05, 0.1) is 10.2 Å². The molecule has 0 spiro atoms. The van der Waals surface area contributed by atoms with E-state index in [0.717, 1.165) is 9.26 Å². The van der Waals surface area contributed by atoms with Crippen LogP contribution < -0.4 is 5.32 Å². The van der Waals surface area contributed by atoms with Crippen LogP contribution in [0.3, 0.4) is 0 Å². The van der Waals surface area contributed by atoms with Gasteiger partial charge in [-0.2, -0.15) is 0 Å². The maximum absolute atomic E-state index is 11.2. The average molecular weight is 352 g/mol. The normalized spacial score (nSPS) is 9.38. The van der Waals surface area contributed by atoms with Crippen molar-refractivity contribution in [3.05, 3.63) is 38.9 Å². The van der Waals surface area contributed by atoms with E-state index >= 15 is 0 Å². The number of carbonyl (C=O) groups excluding carboxylic acids is 1. The molecular weight excluding hydrogens is 345 g/mol. The number of nitrogens with one attached hydrogen (secondary N) is 1. The molecule has 0 unspecified atom stereocenters. The van der Waals surface area contributed by atoms with Gasteiger partial charge >= 0.3 is 0 Å². The third kappa shape index (κ3) is 3.11. The quantitative estimate of drug-likeness (QED) is 0.643. The molecule has 0 bridgehead atoms. The van der Waals surface area contributed by atoms with Gasteiger partial charge in [0.2, 0.25) is 0 Å². The maximum atomic E-state index is 11.2. The summed E-state index contributed by atoms with van der Waals surface area (Å²) in [6, 6.07) is 7.55. The number of hydrogen-bond donors (Lipinski definition) is 1. The average Bonchev–Trinajstić information content (AvgIpc) is 2.08. The number of halogens is 2. The highest BCUT2D eigenvalue weighted by Crippen LogP contribution is 2.18. The second-order valence-corrected chi connectivity index (χ2v) is 4.46. The Morgan fingerprint density at radius 2 is 2.08 bits per heavy atom. The summed E-state index contributed by atoms with van der Waals surface area (Å²) in [5, 5.41) is 2.72. The number of benzene rings is 1. The van der Waals surface area contributed by atoms with E-state index in [9.17, 15) is 4.79 Å². The van der Waals surface area contributed by atoms with Gasteiger partial charge in [0.15, 0.2) is 0 Å². The summed E-state index contributed by atoms with van der Waals surface area (Å²) in [5.74, 6) is -0.218. The van der Waals surface area contributed by atoms with Gasteiger partial charge in [-0.15, -0.1) is 0 Å². The van der Waals surface area contributed by atoms with Gasteiger partial charge in [0.25, 0.3) is 5.91 Å². The molecule has 4 heteroatoms. The Balaban J connectivity index is 2.81. The van der Waals surface area contributed by atoms with E-state index in [1.807, 2.05) is 24.3 Å². The summed E-state index contributed by atoms with van der Waals surface area (Å²) in [6.45, 7) is 3.48. The van der Waals surface area contributed by atoms with Crippen LogP contribution in [-0.4, -0.2) is 5.91 Å². The van der Waals surface area contributed by atoms with Crippen LogP contribution in [0.4, 0.5) is 5.69 Å². The van der Waals surface area contributed by atoms with E-state index < -0.39 is 0 Å². The molecule has 0 saturated carbocycles. The standard InChI is InChI=1S/C9H7BrINO/c1-6(10)9(13)12-8-5-3-2-4-7(8)11/h2-5H,1H2,(H,12,13). The summed E-state index contributed by atoms with van der Waals surface area (Å²) < 4.78 is 1.33. The Labute approximate surface area is 98.7 Å². The third-order valence-electron chi connectivity index (χ3n) is 1.37. The molecule has 1 amide bonds. The Bertz CT molecular complexity index is 351. The summed E-state index contributed by atoms with van der Waals surface area (Å²) in [7, 11) is 0. The van der Waals surface area contributed by atoms with Crippen LogP contribution in [0.2, 0.25) is 0 Å². The van der Waals surface area contributed by atoms with Crippen LogP contribution in [0.5, 0.6) is 0 Å². The molecule has 68 valence electrons. The van der Waals surface area contributed by atoms with Crippen molar-refractivity contribution in [1.29, 1.82) is 0 Å². The van der Waals surface area contributed by atoms with Gasteiger partial charge in [-0.25, -0.2) is 0 Å². The Hall–Kier alpha value is -0.360. The van der Waals surface area contributed by atoms with Crippen molar-refractivity contribution >= 4 is 50.1 Å². The fourth-order valence-corrected chi connectivity index (χ4v) is 1.37. The van der Waals surface area contributed by atoms with Crippen molar-refractivity contribution < 1.29 is 4.79 Å². The zero-order valence-corrected chi connectivity index (χ0v) is 10.4. The van der Waals surface area contributed by atoms with Crippen LogP contribution in [0, 0.1) is 3.57 Å². The lowest BCUT2D eigenvalue weighted by molar-refractivity contribution is -0.112. The van der Waals surface area contributed by atoms with Gasteiger partial charge in [-0.1, -0.05) is 18.7 Å². The Kier molecular flexibility index (Phi) is 3.92. The fourth-order valence-electron chi connectivity index (χ4n) is 0.753. The Morgan fingerprint density at radius 3 is 2.62 bits per heavy atom. The monoisotopic (exact) mass is 351 g/mol. The molecule has 0 aliphatic rings. The van der Waals surface area contributed by atoms with E-state index in [1.54, 1.807) is 0 Å². The summed E-state index contributed by atoms with van der Waals surface area (Å²) in [4.78, 5) is 11.2. The molecule has 13 heavy (non-hydrogen) atoms. The van der Waals surface area contributed by atoms with E-state index in [1.165, 1.54) is 0 Å². The molecule has 1 N–H and O–H groups in total. The van der Waals surface area contributed by atoms with Crippen LogP contribution in [0.25, 0.3) is 0 Å². The van der Waals surface area contributed by atoms with Gasteiger partial charge < -0.3 is 5.32 Å². The van der Waals surface area contributed by atoms with Gasteiger partial charge in [-0.3, -0.25) is 4.79 Å². The highest BCUT2D eigenvalue weighted by Gasteiger charge is 2.05. The van der Waals surface area contributed by atoms with Crippen molar-refractivity contribution in [2.24, 2.45) is 0 Å². The minimum Gasteiger partial charge on any atom is -0.321 e. The second-order valence-electron chi connectivity index (χ2n) is 2.34. The molecule has 0 heterocycles. The first-order chi connectivity index (χ1) is 6.11. The smallest absolute Gasteiger partial charge is 0.262 e. The third-order valence-corrected chi connectivity index (χ3v) is 2.67. The molecule has 0 fully saturated rings. The maximum Gasteiger partial charge on any atom is 0.262 e. The van der Waals surface area contributed by atoms with Crippen molar-refractivity contribution in [3.8, 4) is 0 Å². The number of rotatable bonds is 2. The first-order valence-electron chi connectivity index (χ1n) is 3.51. The molecule has 0 atom stereocenters. The molecule has 0 radical (unpaired) electrons. The highest BCUT2D eigenvalue weighted by molar-refractivity contribution is 14.1. The second kappa shape index (κ2) is 4.76. The van der Waals surface area contributed by atoms with E-state index in [-0.39, 0.29) is 5.91 Å². The number of hydrogen-bond acceptors (Lipinski definition) is 1. The van der Waals surface area contributed by atoms with Crippen molar-refractivity contribution in [1.82, 2.24) is 0 Å². The van der Waals surface area contributed by atoms with E-state index in [0.29, 0.717) is 4.48 Å². The predicted octanol–water partition coefficient (Wildman–Crippen LogP) is 3.14. The van der Waals surface area contributed by atoms with Crippen LogP contribution in [0.15, 0.2) is 35.3 Å². The summed E-state index contributed by atoms with van der Waals surface area (Å²) in [6.07, 6.45) is 0. The van der Waals surface area contributed by atoms with Gasteiger partial charge in [0, 0.05) is 3.57 Å². The molecule has 1 rings (SSSR count). The lowest BCUT2D eigenvalue weighted by atomic mass is 10.3. The summed E-state index contributed by atoms with van der Waals surface area (Å²) >= 11 is 5.17. The molecule has 1 aromatic carbocycles. The molecule has 1 aromatic rings. The van der Waals surface area contributed by atoms with E-state index in [2.05, 4.69) is 50.4 Å². The zero-order chi connectivity index (χ0) is 9.84. The van der Waals surface area contributed by atoms with E-state index in [4.69, 9.17) is 0 Å². The van der Waals surface area contributed by atoms with Gasteiger partial charge in [0.1, 0.15) is 0 Å². The first-order valence-corrected chi connectivity index (χ1v) is 5.38. The lowest BCUT2D eigenvalue weighted by Crippen LogP contribution is -2.11. The molecule has 0 aliphatic carbocycles. The largest absolute Gasteiger partial charge is 0.321 e.